The van der Waals surface area contributed by atoms with Crippen molar-refractivity contribution < 1.29 is 14.7 Å². The molecular formula is C11H17N3O4S. The molecule has 0 radical (unpaired) electrons. The molecule has 1 atom stereocenters. The highest BCUT2D eigenvalue weighted by atomic mass is 32.1. The van der Waals surface area contributed by atoms with E-state index in [4.69, 9.17) is 5.11 Å². The number of amides is 2. The molecule has 0 aromatic carbocycles. The summed E-state index contributed by atoms with van der Waals surface area (Å²) in [4.78, 5) is 35.6. The van der Waals surface area contributed by atoms with Crippen LogP contribution >= 0.6 is 11.3 Å². The van der Waals surface area contributed by atoms with Crippen LogP contribution in [-0.4, -0.2) is 28.1 Å². The second-order valence-corrected chi connectivity index (χ2v) is 5.29. The van der Waals surface area contributed by atoms with Gasteiger partial charge < -0.3 is 20.7 Å². The fraction of sp³-hybridized carbons (Fsp3) is 0.545. The van der Waals surface area contributed by atoms with Gasteiger partial charge in [0.2, 0.25) is 0 Å². The second kappa shape index (κ2) is 6.93. The van der Waals surface area contributed by atoms with Crippen LogP contribution in [0.25, 0.3) is 0 Å². The molecular weight excluding hydrogens is 270 g/mol. The number of aromatic amines is 1. The maximum Gasteiger partial charge on any atom is 0.315 e. The number of urea groups is 1. The highest BCUT2D eigenvalue weighted by molar-refractivity contribution is 7.07. The number of carboxylic acids is 1. The number of thiazole rings is 1. The van der Waals surface area contributed by atoms with Crippen molar-refractivity contribution in [3.05, 3.63) is 20.7 Å². The van der Waals surface area contributed by atoms with Crippen molar-refractivity contribution in [1.29, 1.82) is 0 Å². The summed E-state index contributed by atoms with van der Waals surface area (Å²) in [7, 11) is 0. The lowest BCUT2D eigenvalue weighted by molar-refractivity contribution is -0.137. The predicted molar refractivity (Wildman–Crippen MR) is 71.2 cm³/mol. The van der Waals surface area contributed by atoms with E-state index in [1.807, 2.05) is 13.8 Å². The first-order valence-corrected chi connectivity index (χ1v) is 6.69. The zero-order valence-corrected chi connectivity index (χ0v) is 11.5. The van der Waals surface area contributed by atoms with Gasteiger partial charge in [0.1, 0.15) is 0 Å². The van der Waals surface area contributed by atoms with Gasteiger partial charge in [-0.3, -0.25) is 9.59 Å². The van der Waals surface area contributed by atoms with Crippen LogP contribution in [0.3, 0.4) is 0 Å². The summed E-state index contributed by atoms with van der Waals surface area (Å²) in [6.45, 7) is 3.87. The van der Waals surface area contributed by atoms with Gasteiger partial charge in [-0.1, -0.05) is 25.2 Å². The molecule has 0 aliphatic carbocycles. The van der Waals surface area contributed by atoms with Crippen LogP contribution < -0.4 is 15.5 Å². The van der Waals surface area contributed by atoms with Crippen LogP contribution in [0, 0.1) is 5.92 Å². The van der Waals surface area contributed by atoms with Crippen molar-refractivity contribution >= 4 is 23.3 Å². The quantitative estimate of drug-likeness (QED) is 0.618. The Kier molecular flexibility index (Phi) is 5.56. The average Bonchev–Trinajstić information content (AvgIpc) is 2.71. The van der Waals surface area contributed by atoms with Crippen molar-refractivity contribution in [3.8, 4) is 0 Å². The number of rotatable bonds is 6. The van der Waals surface area contributed by atoms with E-state index < -0.39 is 18.0 Å². The van der Waals surface area contributed by atoms with E-state index >= 15 is 0 Å². The van der Waals surface area contributed by atoms with E-state index in [-0.39, 0.29) is 23.8 Å². The minimum atomic E-state index is -0.957. The molecule has 8 heteroatoms. The van der Waals surface area contributed by atoms with Crippen molar-refractivity contribution in [2.75, 3.05) is 0 Å². The first-order chi connectivity index (χ1) is 8.88. The fourth-order valence-electron chi connectivity index (χ4n) is 1.44. The number of hydrogen-bond donors (Lipinski definition) is 4. The molecule has 19 heavy (non-hydrogen) atoms. The van der Waals surface area contributed by atoms with Crippen LogP contribution in [0.2, 0.25) is 0 Å². The van der Waals surface area contributed by atoms with Gasteiger partial charge >= 0.3 is 16.9 Å². The molecule has 1 rings (SSSR count). The third kappa shape index (κ3) is 5.56. The van der Waals surface area contributed by atoms with Gasteiger partial charge in [-0.25, -0.2) is 4.79 Å². The average molecular weight is 287 g/mol. The third-order valence-electron chi connectivity index (χ3n) is 2.53. The lowest BCUT2D eigenvalue weighted by Gasteiger charge is -2.20. The number of aliphatic carboxylic acids is 1. The predicted octanol–water partition coefficient (Wildman–Crippen LogP) is 0.735. The zero-order chi connectivity index (χ0) is 14.4. The van der Waals surface area contributed by atoms with Gasteiger partial charge in [0.15, 0.2) is 0 Å². The highest BCUT2D eigenvalue weighted by Gasteiger charge is 2.19. The normalized spacial score (nSPS) is 12.2. The molecule has 1 heterocycles. The molecule has 106 valence electrons. The number of hydrogen-bond acceptors (Lipinski definition) is 4. The summed E-state index contributed by atoms with van der Waals surface area (Å²) in [6, 6.07) is -0.883. The van der Waals surface area contributed by atoms with Crippen molar-refractivity contribution in [2.45, 2.75) is 32.9 Å². The molecule has 1 unspecified atom stereocenters. The van der Waals surface area contributed by atoms with E-state index in [0.717, 1.165) is 11.3 Å². The number of nitrogens with one attached hydrogen (secondary N) is 3. The monoisotopic (exact) mass is 287 g/mol. The molecule has 0 spiro atoms. The third-order valence-corrected chi connectivity index (χ3v) is 3.24. The van der Waals surface area contributed by atoms with E-state index in [0.29, 0.717) is 5.69 Å². The van der Waals surface area contributed by atoms with Crippen molar-refractivity contribution in [3.63, 3.8) is 0 Å². The summed E-state index contributed by atoms with van der Waals surface area (Å²) in [5.41, 5.74) is 0.615. The molecule has 0 fully saturated rings. The summed E-state index contributed by atoms with van der Waals surface area (Å²) in [5.74, 6) is -0.941. The molecule has 1 aromatic heterocycles. The molecule has 0 saturated heterocycles. The Labute approximate surface area is 114 Å². The van der Waals surface area contributed by atoms with E-state index in [2.05, 4.69) is 15.6 Å². The summed E-state index contributed by atoms with van der Waals surface area (Å²) in [5, 5.41) is 15.5. The van der Waals surface area contributed by atoms with Crippen LogP contribution in [0.1, 0.15) is 26.0 Å². The largest absolute Gasteiger partial charge is 0.481 e. The summed E-state index contributed by atoms with van der Waals surface area (Å²) < 4.78 is 0. The molecule has 0 saturated carbocycles. The molecule has 7 nitrogen and oxygen atoms in total. The van der Waals surface area contributed by atoms with Crippen molar-refractivity contribution in [2.24, 2.45) is 5.92 Å². The molecule has 0 aliphatic rings. The Morgan fingerprint density at radius 1 is 1.47 bits per heavy atom. The Morgan fingerprint density at radius 2 is 2.16 bits per heavy atom. The van der Waals surface area contributed by atoms with Gasteiger partial charge in [0, 0.05) is 17.1 Å². The molecule has 4 N–H and O–H groups in total. The number of carbonyl (C=O) groups is 2. The first-order valence-electron chi connectivity index (χ1n) is 5.81. The molecule has 2 amide bonds. The zero-order valence-electron chi connectivity index (χ0n) is 10.7. The van der Waals surface area contributed by atoms with E-state index in [1.54, 1.807) is 5.38 Å². The number of H-pyrrole nitrogens is 1. The Morgan fingerprint density at radius 3 is 2.63 bits per heavy atom. The topological polar surface area (TPSA) is 111 Å². The number of carbonyl (C=O) groups excluding carboxylic acids is 1. The van der Waals surface area contributed by atoms with Gasteiger partial charge in [-0.2, -0.15) is 0 Å². The minimum absolute atomic E-state index is 0.0165. The minimum Gasteiger partial charge on any atom is -0.481 e. The molecule has 1 aromatic rings. The lowest BCUT2D eigenvalue weighted by Crippen LogP contribution is -2.45. The molecule has 0 aliphatic heterocycles. The molecule has 0 bridgehead atoms. The summed E-state index contributed by atoms with van der Waals surface area (Å²) >= 11 is 1.02. The van der Waals surface area contributed by atoms with Gasteiger partial charge in [0.25, 0.3) is 0 Å². The standard InChI is InChI=1S/C11H17N3O4S/c1-6(2)8(3-9(15)16)14-10(17)12-4-7-5-19-11(18)13-7/h5-6,8H,3-4H2,1-2H3,(H,13,18)(H,15,16)(H2,12,14,17). The van der Waals surface area contributed by atoms with E-state index in [1.165, 1.54) is 0 Å². The summed E-state index contributed by atoms with van der Waals surface area (Å²) in [6.07, 6.45) is -0.125. The van der Waals surface area contributed by atoms with Gasteiger partial charge in [-0.05, 0) is 5.92 Å². The van der Waals surface area contributed by atoms with Gasteiger partial charge in [-0.15, -0.1) is 0 Å². The highest BCUT2D eigenvalue weighted by Crippen LogP contribution is 2.06. The lowest BCUT2D eigenvalue weighted by atomic mass is 10.0. The number of carboxylic acid groups (broad SMARTS) is 1. The van der Waals surface area contributed by atoms with Gasteiger partial charge in [0.05, 0.1) is 13.0 Å². The number of aromatic nitrogens is 1. The fourth-order valence-corrected chi connectivity index (χ4v) is 2.02. The van der Waals surface area contributed by atoms with Crippen LogP contribution in [0.15, 0.2) is 10.2 Å². The Balaban J connectivity index is 2.44. The first kappa shape index (κ1) is 15.2. The van der Waals surface area contributed by atoms with Crippen LogP contribution in [-0.2, 0) is 11.3 Å². The SMILES string of the molecule is CC(C)C(CC(=O)O)NC(=O)NCc1csc(=O)[nH]1. The Bertz CT molecular complexity index is 494. The smallest absolute Gasteiger partial charge is 0.315 e. The maximum atomic E-state index is 11.6. The van der Waals surface area contributed by atoms with Crippen LogP contribution in [0.4, 0.5) is 4.79 Å². The van der Waals surface area contributed by atoms with E-state index in [9.17, 15) is 14.4 Å². The second-order valence-electron chi connectivity index (χ2n) is 4.45. The Hall–Kier alpha value is -1.83. The van der Waals surface area contributed by atoms with Crippen LogP contribution in [0.5, 0.6) is 0 Å². The maximum absolute atomic E-state index is 11.6. The van der Waals surface area contributed by atoms with Crippen molar-refractivity contribution in [1.82, 2.24) is 15.6 Å².